The van der Waals surface area contributed by atoms with Crippen LogP contribution in [0, 0.1) is 0 Å². The summed E-state index contributed by atoms with van der Waals surface area (Å²) in [5.74, 6) is 0.770. The molecule has 0 saturated heterocycles. The van der Waals surface area contributed by atoms with Gasteiger partial charge in [0.15, 0.2) is 0 Å². The Morgan fingerprint density at radius 3 is 2.62 bits per heavy atom. The number of fused-ring (bicyclic) bond motifs is 1. The average Bonchev–Trinajstić information content (AvgIpc) is 3.15. The Bertz CT molecular complexity index is 1310. The molecule has 7 nitrogen and oxygen atoms in total. The third kappa shape index (κ3) is 4.59. The van der Waals surface area contributed by atoms with Crippen LogP contribution in [-0.2, 0) is 6.18 Å². The molecule has 4 aromatic rings. The van der Waals surface area contributed by atoms with Gasteiger partial charge in [-0.1, -0.05) is 11.6 Å². The van der Waals surface area contributed by atoms with Gasteiger partial charge in [0, 0.05) is 31.1 Å². The first-order chi connectivity index (χ1) is 15.2. The molecule has 0 aliphatic heterocycles. The van der Waals surface area contributed by atoms with Gasteiger partial charge in [-0.2, -0.15) is 13.2 Å². The summed E-state index contributed by atoms with van der Waals surface area (Å²) in [5, 5.41) is 4.91. The maximum absolute atomic E-state index is 13.1. The van der Waals surface area contributed by atoms with Gasteiger partial charge in [0.1, 0.15) is 17.2 Å². The molecule has 0 saturated carbocycles. The SMILES string of the molecule is CNC(=O)c1cc(Oc2ccc3[nH]c(Nc4ccc(Cl)c(C(F)(F)F)c4)nc3c2)ccn1. The van der Waals surface area contributed by atoms with Crippen LogP contribution >= 0.6 is 11.6 Å². The van der Waals surface area contributed by atoms with E-state index < -0.39 is 11.7 Å². The number of aromatic amines is 1. The highest BCUT2D eigenvalue weighted by molar-refractivity contribution is 6.31. The normalized spacial score (nSPS) is 11.4. The number of hydrogen-bond acceptors (Lipinski definition) is 5. The van der Waals surface area contributed by atoms with Gasteiger partial charge < -0.3 is 20.4 Å². The van der Waals surface area contributed by atoms with Crippen molar-refractivity contribution in [2.24, 2.45) is 0 Å². The summed E-state index contributed by atoms with van der Waals surface area (Å²) in [5.41, 5.74) is 0.611. The number of ether oxygens (including phenoxy) is 1. The fraction of sp³-hybridized carbons (Fsp3) is 0.0952. The zero-order valence-corrected chi connectivity index (χ0v) is 17.2. The molecule has 11 heteroatoms. The van der Waals surface area contributed by atoms with Crippen molar-refractivity contribution in [3.05, 3.63) is 71.0 Å². The molecule has 0 spiro atoms. The maximum Gasteiger partial charge on any atom is 0.417 e. The zero-order valence-electron chi connectivity index (χ0n) is 16.4. The van der Waals surface area contributed by atoms with Crippen molar-refractivity contribution in [1.29, 1.82) is 0 Å². The Morgan fingerprint density at radius 2 is 1.88 bits per heavy atom. The molecule has 0 unspecified atom stereocenters. The van der Waals surface area contributed by atoms with E-state index in [4.69, 9.17) is 16.3 Å². The fourth-order valence-electron chi connectivity index (χ4n) is 2.93. The first kappa shape index (κ1) is 21.4. The number of pyridine rings is 1. The zero-order chi connectivity index (χ0) is 22.9. The van der Waals surface area contributed by atoms with E-state index in [1.54, 1.807) is 24.3 Å². The first-order valence-electron chi connectivity index (χ1n) is 9.22. The third-order valence-corrected chi connectivity index (χ3v) is 4.75. The second-order valence-electron chi connectivity index (χ2n) is 6.64. The highest BCUT2D eigenvalue weighted by Gasteiger charge is 2.33. The van der Waals surface area contributed by atoms with E-state index in [0.29, 0.717) is 22.5 Å². The van der Waals surface area contributed by atoms with Crippen LogP contribution in [0.15, 0.2) is 54.7 Å². The van der Waals surface area contributed by atoms with Crippen LogP contribution < -0.4 is 15.4 Å². The molecule has 4 rings (SSSR count). The Kier molecular flexibility index (Phi) is 5.62. The molecule has 2 aromatic heterocycles. The molecular formula is C21H15ClF3N5O2. The molecule has 0 atom stereocenters. The van der Waals surface area contributed by atoms with Crippen molar-refractivity contribution in [3.63, 3.8) is 0 Å². The quantitative estimate of drug-likeness (QED) is 0.363. The number of nitrogens with zero attached hydrogens (tertiary/aromatic N) is 2. The largest absolute Gasteiger partial charge is 0.457 e. The van der Waals surface area contributed by atoms with Gasteiger partial charge in [0.05, 0.1) is 21.6 Å². The van der Waals surface area contributed by atoms with Crippen LogP contribution in [0.25, 0.3) is 11.0 Å². The van der Waals surface area contributed by atoms with E-state index in [0.717, 1.165) is 6.07 Å². The second-order valence-corrected chi connectivity index (χ2v) is 7.05. The first-order valence-corrected chi connectivity index (χ1v) is 9.60. The van der Waals surface area contributed by atoms with Crippen molar-refractivity contribution in [2.45, 2.75) is 6.18 Å². The number of alkyl halides is 3. The van der Waals surface area contributed by atoms with Crippen molar-refractivity contribution in [1.82, 2.24) is 20.3 Å². The van der Waals surface area contributed by atoms with Crippen molar-refractivity contribution in [3.8, 4) is 11.5 Å². The van der Waals surface area contributed by atoms with Crippen molar-refractivity contribution in [2.75, 3.05) is 12.4 Å². The topological polar surface area (TPSA) is 91.9 Å². The standard InChI is InChI=1S/C21H15ClF3N5O2/c1-26-19(31)18-10-13(6-7-27-18)32-12-3-5-16-17(9-12)30-20(29-16)28-11-2-4-15(22)14(8-11)21(23,24)25/h2-10H,1H3,(H,26,31)(H2,28,29,30). The number of nitrogens with one attached hydrogen (secondary N) is 3. The monoisotopic (exact) mass is 461 g/mol. The number of carbonyl (C=O) groups excluding carboxylic acids is 1. The second kappa shape index (κ2) is 8.39. The molecule has 0 bridgehead atoms. The van der Waals surface area contributed by atoms with Gasteiger partial charge in [-0.15, -0.1) is 0 Å². The Labute approximate surface area is 184 Å². The lowest BCUT2D eigenvalue weighted by Crippen LogP contribution is -2.18. The number of rotatable bonds is 5. The summed E-state index contributed by atoms with van der Waals surface area (Å²) in [6, 6.07) is 11.7. The highest BCUT2D eigenvalue weighted by atomic mass is 35.5. The van der Waals surface area contributed by atoms with Crippen LogP contribution in [0.3, 0.4) is 0 Å². The number of halogens is 4. The fourth-order valence-corrected chi connectivity index (χ4v) is 3.15. The van der Waals surface area contributed by atoms with Crippen LogP contribution in [0.4, 0.5) is 24.8 Å². The lowest BCUT2D eigenvalue weighted by Gasteiger charge is -2.11. The Morgan fingerprint density at radius 1 is 1.09 bits per heavy atom. The Hall–Kier alpha value is -3.79. The minimum absolute atomic E-state index is 0.177. The van der Waals surface area contributed by atoms with Crippen LogP contribution in [0.5, 0.6) is 11.5 Å². The lowest BCUT2D eigenvalue weighted by molar-refractivity contribution is -0.137. The van der Waals surface area contributed by atoms with E-state index in [1.807, 2.05) is 0 Å². The molecule has 0 fully saturated rings. The van der Waals surface area contributed by atoms with E-state index >= 15 is 0 Å². The smallest absolute Gasteiger partial charge is 0.417 e. The summed E-state index contributed by atoms with van der Waals surface area (Å²) in [6.45, 7) is 0. The van der Waals surface area contributed by atoms with Crippen LogP contribution in [0.2, 0.25) is 5.02 Å². The highest BCUT2D eigenvalue weighted by Crippen LogP contribution is 2.36. The van der Waals surface area contributed by atoms with E-state index in [2.05, 4.69) is 25.6 Å². The van der Waals surface area contributed by atoms with Gasteiger partial charge in [-0.05, 0) is 36.4 Å². The number of amides is 1. The summed E-state index contributed by atoms with van der Waals surface area (Å²) in [6.07, 6.45) is -3.12. The number of imidazole rings is 1. The summed E-state index contributed by atoms with van der Waals surface area (Å²) in [4.78, 5) is 23.0. The van der Waals surface area contributed by atoms with Crippen molar-refractivity contribution < 1.29 is 22.7 Å². The number of aromatic nitrogens is 3. The molecular weight excluding hydrogens is 447 g/mol. The molecule has 2 aromatic carbocycles. The van der Waals surface area contributed by atoms with Crippen LogP contribution in [0.1, 0.15) is 16.1 Å². The molecule has 32 heavy (non-hydrogen) atoms. The van der Waals surface area contributed by atoms with Gasteiger partial charge >= 0.3 is 6.18 Å². The van der Waals surface area contributed by atoms with Gasteiger partial charge in [0.25, 0.3) is 5.91 Å². The van der Waals surface area contributed by atoms with Crippen LogP contribution in [-0.4, -0.2) is 27.9 Å². The molecule has 0 radical (unpaired) electrons. The predicted octanol–water partition coefficient (Wildman–Crippen LogP) is 5.53. The maximum atomic E-state index is 13.1. The number of anilines is 2. The van der Waals surface area contributed by atoms with E-state index in [-0.39, 0.29) is 28.3 Å². The molecule has 1 amide bonds. The molecule has 2 heterocycles. The molecule has 3 N–H and O–H groups in total. The van der Waals surface area contributed by atoms with Gasteiger partial charge in [-0.3, -0.25) is 9.78 Å². The lowest BCUT2D eigenvalue weighted by atomic mass is 10.2. The summed E-state index contributed by atoms with van der Waals surface area (Å²) >= 11 is 5.66. The number of H-pyrrole nitrogens is 1. The predicted molar refractivity (Wildman–Crippen MR) is 114 cm³/mol. The number of benzene rings is 2. The summed E-state index contributed by atoms with van der Waals surface area (Å²) < 4.78 is 45.0. The van der Waals surface area contributed by atoms with E-state index in [1.165, 1.54) is 31.4 Å². The van der Waals surface area contributed by atoms with Crippen molar-refractivity contribution >= 4 is 40.2 Å². The Balaban J connectivity index is 1.56. The minimum atomic E-state index is -4.57. The third-order valence-electron chi connectivity index (χ3n) is 4.42. The molecule has 0 aliphatic carbocycles. The number of carbonyl (C=O) groups is 1. The number of hydrogen-bond donors (Lipinski definition) is 3. The summed E-state index contributed by atoms with van der Waals surface area (Å²) in [7, 11) is 1.50. The van der Waals surface area contributed by atoms with Gasteiger partial charge in [0.2, 0.25) is 5.95 Å². The minimum Gasteiger partial charge on any atom is -0.457 e. The van der Waals surface area contributed by atoms with Gasteiger partial charge in [-0.25, -0.2) is 4.98 Å². The average molecular weight is 462 g/mol. The molecule has 0 aliphatic rings. The van der Waals surface area contributed by atoms with E-state index in [9.17, 15) is 18.0 Å². The molecule has 164 valence electrons.